The molecule has 24 heavy (non-hydrogen) atoms. The van der Waals surface area contributed by atoms with Gasteiger partial charge in [-0.1, -0.05) is 23.4 Å². The number of aromatic nitrogens is 3. The molecule has 0 saturated carbocycles. The quantitative estimate of drug-likeness (QED) is 0.562. The zero-order valence-electron chi connectivity index (χ0n) is 12.4. The minimum atomic E-state index is 0.238. The molecule has 0 amide bonds. The molecule has 2 N–H and O–H groups in total. The van der Waals surface area contributed by atoms with E-state index in [0.29, 0.717) is 34.1 Å². The van der Waals surface area contributed by atoms with Crippen molar-refractivity contribution in [2.45, 2.75) is 17.5 Å². The third kappa shape index (κ3) is 2.83. The SMILES string of the molecule is Nn1c(SCc2cc(Cl)cc3c2OCOC3)nnc1-c1ccco1. The van der Waals surface area contributed by atoms with Crippen LogP contribution in [0.2, 0.25) is 5.02 Å². The Labute approximate surface area is 146 Å². The van der Waals surface area contributed by atoms with Gasteiger partial charge in [-0.05, 0) is 24.3 Å². The van der Waals surface area contributed by atoms with E-state index in [-0.39, 0.29) is 6.79 Å². The van der Waals surface area contributed by atoms with Crippen LogP contribution < -0.4 is 10.6 Å². The summed E-state index contributed by atoms with van der Waals surface area (Å²) in [6.07, 6.45) is 1.56. The smallest absolute Gasteiger partial charge is 0.218 e. The summed E-state index contributed by atoms with van der Waals surface area (Å²) in [6, 6.07) is 7.28. The van der Waals surface area contributed by atoms with Gasteiger partial charge in [0.2, 0.25) is 11.0 Å². The maximum atomic E-state index is 6.18. The number of fused-ring (bicyclic) bond motifs is 1. The number of nitrogens with zero attached hydrogens (tertiary/aromatic N) is 3. The monoisotopic (exact) mass is 364 g/mol. The van der Waals surface area contributed by atoms with Crippen molar-refractivity contribution in [2.75, 3.05) is 12.6 Å². The minimum absolute atomic E-state index is 0.238. The van der Waals surface area contributed by atoms with Crippen LogP contribution in [0, 0.1) is 0 Å². The van der Waals surface area contributed by atoms with Crippen molar-refractivity contribution in [1.82, 2.24) is 14.9 Å². The molecular weight excluding hydrogens is 352 g/mol. The number of hydrogen-bond donors (Lipinski definition) is 1. The zero-order chi connectivity index (χ0) is 16.5. The van der Waals surface area contributed by atoms with E-state index in [0.717, 1.165) is 16.9 Å². The lowest BCUT2D eigenvalue weighted by Gasteiger charge is -2.20. The summed E-state index contributed by atoms with van der Waals surface area (Å²) in [7, 11) is 0. The van der Waals surface area contributed by atoms with Crippen LogP contribution in [0.4, 0.5) is 0 Å². The molecule has 0 radical (unpaired) electrons. The first-order chi connectivity index (χ1) is 11.7. The molecule has 2 aromatic heterocycles. The van der Waals surface area contributed by atoms with E-state index in [4.69, 9.17) is 31.3 Å². The fourth-order valence-electron chi connectivity index (χ4n) is 2.46. The number of nitrogens with two attached hydrogens (primary N) is 1. The highest BCUT2D eigenvalue weighted by atomic mass is 35.5. The average molecular weight is 365 g/mol. The summed E-state index contributed by atoms with van der Waals surface area (Å²) < 4.78 is 17.6. The van der Waals surface area contributed by atoms with E-state index in [2.05, 4.69) is 10.2 Å². The van der Waals surface area contributed by atoms with Gasteiger partial charge in [-0.3, -0.25) is 0 Å². The molecular formula is C15H13ClN4O3S. The third-order valence-corrected chi connectivity index (χ3v) is 4.72. The summed E-state index contributed by atoms with van der Waals surface area (Å²) in [5, 5.41) is 9.40. The highest BCUT2D eigenvalue weighted by Crippen LogP contribution is 2.35. The molecule has 4 rings (SSSR count). The molecule has 0 unspecified atom stereocenters. The Bertz CT molecular complexity index is 866. The molecule has 1 aromatic carbocycles. The second-order valence-corrected chi connectivity index (χ2v) is 6.48. The highest BCUT2D eigenvalue weighted by Gasteiger charge is 2.19. The summed E-state index contributed by atoms with van der Waals surface area (Å²) in [5.41, 5.74) is 1.91. The summed E-state index contributed by atoms with van der Waals surface area (Å²) in [4.78, 5) is 0. The van der Waals surface area contributed by atoms with Crippen LogP contribution in [-0.4, -0.2) is 21.7 Å². The first-order valence-electron chi connectivity index (χ1n) is 7.11. The molecule has 3 heterocycles. The number of rotatable bonds is 4. The number of ether oxygens (including phenoxy) is 2. The lowest BCUT2D eigenvalue weighted by atomic mass is 10.1. The van der Waals surface area contributed by atoms with Crippen LogP contribution in [0.15, 0.2) is 40.1 Å². The molecule has 0 spiro atoms. The van der Waals surface area contributed by atoms with Crippen LogP contribution in [0.3, 0.4) is 0 Å². The van der Waals surface area contributed by atoms with Gasteiger partial charge in [0, 0.05) is 21.9 Å². The Kier molecular flexibility index (Phi) is 4.09. The molecule has 9 heteroatoms. The Hall–Kier alpha value is -2.16. The number of nitrogen functional groups attached to an aromatic ring is 1. The summed E-state index contributed by atoms with van der Waals surface area (Å²) >= 11 is 7.62. The molecule has 124 valence electrons. The molecule has 0 atom stereocenters. The van der Waals surface area contributed by atoms with E-state index < -0.39 is 0 Å². The molecule has 0 fully saturated rings. The Balaban J connectivity index is 1.57. The predicted molar refractivity (Wildman–Crippen MR) is 89.2 cm³/mol. The van der Waals surface area contributed by atoms with Crippen molar-refractivity contribution in [3.63, 3.8) is 0 Å². The van der Waals surface area contributed by atoms with Crippen LogP contribution in [-0.2, 0) is 17.1 Å². The van der Waals surface area contributed by atoms with Crippen molar-refractivity contribution >= 4 is 23.4 Å². The van der Waals surface area contributed by atoms with Gasteiger partial charge in [0.1, 0.15) is 5.75 Å². The average Bonchev–Trinajstić information content (AvgIpc) is 3.22. The number of halogens is 1. The lowest BCUT2D eigenvalue weighted by Crippen LogP contribution is -2.13. The molecule has 0 saturated heterocycles. The third-order valence-electron chi connectivity index (χ3n) is 3.51. The van der Waals surface area contributed by atoms with E-state index in [1.807, 2.05) is 12.1 Å². The standard InChI is InChI=1S/C15H13ClN4O3S/c16-11-4-9-6-21-8-23-13(9)10(5-11)7-24-15-19-18-14(20(15)17)12-2-1-3-22-12/h1-5H,6-8,17H2. The minimum Gasteiger partial charge on any atom is -0.467 e. The largest absolute Gasteiger partial charge is 0.467 e. The molecule has 0 aliphatic carbocycles. The van der Waals surface area contributed by atoms with Gasteiger partial charge in [-0.15, -0.1) is 10.2 Å². The second kappa shape index (κ2) is 6.39. The predicted octanol–water partition coefficient (Wildman–Crippen LogP) is 3.06. The fourth-order valence-corrected chi connectivity index (χ4v) is 3.54. The van der Waals surface area contributed by atoms with Gasteiger partial charge in [0.05, 0.1) is 12.9 Å². The maximum absolute atomic E-state index is 6.18. The van der Waals surface area contributed by atoms with Crippen molar-refractivity contribution in [3.8, 4) is 17.3 Å². The van der Waals surface area contributed by atoms with Gasteiger partial charge in [-0.2, -0.15) is 0 Å². The van der Waals surface area contributed by atoms with Gasteiger partial charge in [-0.25, -0.2) is 4.68 Å². The lowest BCUT2D eigenvalue weighted by molar-refractivity contribution is -0.0168. The van der Waals surface area contributed by atoms with E-state index in [1.165, 1.54) is 16.4 Å². The summed E-state index contributed by atoms with van der Waals surface area (Å²) in [5.74, 6) is 8.51. The Morgan fingerprint density at radius 1 is 1.33 bits per heavy atom. The zero-order valence-corrected chi connectivity index (χ0v) is 14.0. The highest BCUT2D eigenvalue weighted by molar-refractivity contribution is 7.98. The summed E-state index contributed by atoms with van der Waals surface area (Å²) in [6.45, 7) is 0.727. The van der Waals surface area contributed by atoms with E-state index in [9.17, 15) is 0 Å². The first kappa shape index (κ1) is 15.4. The molecule has 0 bridgehead atoms. The maximum Gasteiger partial charge on any atom is 0.218 e. The second-order valence-electron chi connectivity index (χ2n) is 5.11. The van der Waals surface area contributed by atoms with E-state index in [1.54, 1.807) is 18.4 Å². The fraction of sp³-hybridized carbons (Fsp3) is 0.200. The molecule has 1 aliphatic rings. The van der Waals surface area contributed by atoms with Crippen LogP contribution in [0.25, 0.3) is 11.6 Å². The van der Waals surface area contributed by atoms with E-state index >= 15 is 0 Å². The van der Waals surface area contributed by atoms with Crippen molar-refractivity contribution < 1.29 is 13.9 Å². The number of hydrogen-bond acceptors (Lipinski definition) is 7. The van der Waals surface area contributed by atoms with Gasteiger partial charge < -0.3 is 19.7 Å². The molecule has 1 aliphatic heterocycles. The van der Waals surface area contributed by atoms with Crippen LogP contribution in [0.5, 0.6) is 5.75 Å². The van der Waals surface area contributed by atoms with Crippen molar-refractivity contribution in [1.29, 1.82) is 0 Å². The van der Waals surface area contributed by atoms with Gasteiger partial charge >= 0.3 is 0 Å². The van der Waals surface area contributed by atoms with Crippen molar-refractivity contribution in [3.05, 3.63) is 46.7 Å². The number of thioether (sulfide) groups is 1. The topological polar surface area (TPSA) is 88.3 Å². The molecule has 3 aromatic rings. The first-order valence-corrected chi connectivity index (χ1v) is 8.48. The van der Waals surface area contributed by atoms with Gasteiger partial charge in [0.15, 0.2) is 12.6 Å². The van der Waals surface area contributed by atoms with Crippen LogP contribution >= 0.6 is 23.4 Å². The molecule has 7 nitrogen and oxygen atoms in total. The normalized spacial score (nSPS) is 13.5. The number of benzene rings is 1. The van der Waals surface area contributed by atoms with Gasteiger partial charge in [0.25, 0.3) is 0 Å². The van der Waals surface area contributed by atoms with Crippen molar-refractivity contribution in [2.24, 2.45) is 0 Å². The number of furan rings is 1. The Morgan fingerprint density at radius 3 is 3.08 bits per heavy atom. The van der Waals surface area contributed by atoms with Crippen LogP contribution in [0.1, 0.15) is 11.1 Å². The Morgan fingerprint density at radius 2 is 2.25 bits per heavy atom.